The molecule has 0 spiro atoms. The van der Waals surface area contributed by atoms with Crippen LogP contribution in [-0.2, 0) is 13.9 Å². The van der Waals surface area contributed by atoms with Gasteiger partial charge < -0.3 is 15.5 Å². The predicted molar refractivity (Wildman–Crippen MR) is 99.6 cm³/mol. The van der Waals surface area contributed by atoms with Crippen LogP contribution < -0.4 is 16.1 Å². The second kappa shape index (κ2) is 8.50. The molecule has 4 fully saturated rings. The zero-order valence-corrected chi connectivity index (χ0v) is 16.2. The Morgan fingerprint density at radius 1 is 1.26 bits per heavy atom. The molecule has 0 aromatic carbocycles. The Labute approximate surface area is 164 Å². The summed E-state index contributed by atoms with van der Waals surface area (Å²) in [4.78, 5) is 34.2. The molecule has 2 bridgehead atoms. The van der Waals surface area contributed by atoms with Crippen molar-refractivity contribution >= 4 is 24.8 Å². The van der Waals surface area contributed by atoms with Gasteiger partial charge in [-0.3, -0.25) is 14.5 Å². The van der Waals surface area contributed by atoms with E-state index in [9.17, 15) is 9.59 Å². The highest BCUT2D eigenvalue weighted by Crippen LogP contribution is 2.30. The summed E-state index contributed by atoms with van der Waals surface area (Å²) in [7, 11) is 0. The molecule has 4 aliphatic rings. The van der Waals surface area contributed by atoms with E-state index in [4.69, 9.17) is 9.12 Å². The zero-order valence-electron chi connectivity index (χ0n) is 15.3. The van der Waals surface area contributed by atoms with Crippen LogP contribution in [-0.4, -0.2) is 96.8 Å². The molecule has 4 heterocycles. The normalized spacial score (nSPS) is 34.3. The van der Waals surface area contributed by atoms with Crippen molar-refractivity contribution in [3.8, 4) is 0 Å². The molecule has 4 saturated heterocycles. The number of carbonyl (C=O) groups is 2. The summed E-state index contributed by atoms with van der Waals surface area (Å²) < 4.78 is 4.83. The van der Waals surface area contributed by atoms with E-state index in [0.29, 0.717) is 32.0 Å². The summed E-state index contributed by atoms with van der Waals surface area (Å²) in [6.07, 6.45) is 2.31. The van der Waals surface area contributed by atoms with Gasteiger partial charge in [0.05, 0.1) is 12.6 Å². The number of rotatable bonds is 6. The summed E-state index contributed by atoms with van der Waals surface area (Å²) in [6.45, 7) is 6.10. The number of nitrogens with zero attached hydrogens (tertiary/aromatic N) is 3. The number of thiol groups is 1. The smallest absolute Gasteiger partial charge is 0.314 e. The van der Waals surface area contributed by atoms with Gasteiger partial charge in [-0.15, -0.1) is 0 Å². The highest BCUT2D eigenvalue weighted by molar-refractivity contribution is 7.75. The molecule has 4 rings (SSSR count). The lowest BCUT2D eigenvalue weighted by atomic mass is 10.0. The molecule has 4 aliphatic heterocycles. The average molecular weight is 401 g/mol. The van der Waals surface area contributed by atoms with Crippen molar-refractivity contribution in [2.45, 2.75) is 43.4 Å². The van der Waals surface area contributed by atoms with E-state index in [1.165, 1.54) is 9.96 Å². The molecule has 152 valence electrons. The number of piperidine rings is 1. The van der Waals surface area contributed by atoms with E-state index in [-0.39, 0.29) is 24.0 Å². The van der Waals surface area contributed by atoms with Crippen LogP contribution in [0, 0.1) is 0 Å². The lowest BCUT2D eigenvalue weighted by Crippen LogP contribution is -2.50. The lowest BCUT2D eigenvalue weighted by molar-refractivity contribution is -0.139. The zero-order chi connectivity index (χ0) is 18.8. The number of carbonyl (C=O) groups excluding carboxylic acids is 2. The van der Waals surface area contributed by atoms with Crippen molar-refractivity contribution in [1.82, 2.24) is 31.0 Å². The van der Waals surface area contributed by atoms with Crippen molar-refractivity contribution in [2.75, 3.05) is 45.9 Å². The van der Waals surface area contributed by atoms with E-state index in [1.807, 2.05) is 0 Å². The Balaban J connectivity index is 1.20. The predicted octanol–water partition coefficient (Wildman–Crippen LogP) is -1.29. The highest BCUT2D eigenvalue weighted by Gasteiger charge is 2.48. The average Bonchev–Trinajstić information content (AvgIpc) is 3.26. The Hall–Kier alpha value is -1.11. The van der Waals surface area contributed by atoms with Crippen molar-refractivity contribution in [3.63, 3.8) is 0 Å². The maximum absolute atomic E-state index is 12.5. The first-order valence-corrected chi connectivity index (χ1v) is 10.0. The summed E-state index contributed by atoms with van der Waals surface area (Å²) in [5.74, 6) is -0.278. The van der Waals surface area contributed by atoms with E-state index < -0.39 is 6.04 Å². The van der Waals surface area contributed by atoms with E-state index in [2.05, 4.69) is 33.9 Å². The van der Waals surface area contributed by atoms with Crippen molar-refractivity contribution in [2.24, 2.45) is 0 Å². The van der Waals surface area contributed by atoms with E-state index in [1.54, 1.807) is 0 Å². The van der Waals surface area contributed by atoms with E-state index in [0.717, 1.165) is 39.1 Å². The quantitative estimate of drug-likeness (QED) is 0.250. The number of urea groups is 1. The SMILES string of the molecule is O=C(NOC[C@H]1C[C@@H](N2CCNCC2)CN1)C1CCC2CN1C(=O)N2OS. The molecule has 11 heteroatoms. The van der Waals surface area contributed by atoms with Crippen LogP contribution in [0.5, 0.6) is 0 Å². The van der Waals surface area contributed by atoms with Gasteiger partial charge in [-0.25, -0.2) is 14.6 Å². The third-order valence-electron chi connectivity index (χ3n) is 6.04. The van der Waals surface area contributed by atoms with Gasteiger partial charge >= 0.3 is 6.03 Å². The standard InChI is InChI=1S/C16H28N6O4S/c23-15(14-2-1-12-9-21(14)16(24)22(12)26-27)19-25-10-11-7-13(8-18-11)20-5-3-17-4-6-20/h11-14,17-18,27H,1-10H2,(H,19,23)/t11-,12?,13-,14?/m1/s1. The molecule has 0 aromatic heterocycles. The third-order valence-corrected chi connectivity index (χ3v) is 6.21. The molecular weight excluding hydrogens is 372 g/mol. The van der Waals surface area contributed by atoms with Crippen LogP contribution in [0.3, 0.4) is 0 Å². The van der Waals surface area contributed by atoms with Gasteiger partial charge in [0.1, 0.15) is 6.04 Å². The van der Waals surface area contributed by atoms with Gasteiger partial charge in [0.15, 0.2) is 0 Å². The van der Waals surface area contributed by atoms with Crippen molar-refractivity contribution in [3.05, 3.63) is 0 Å². The van der Waals surface area contributed by atoms with Crippen LogP contribution in [0.15, 0.2) is 0 Å². The number of piperazine rings is 1. The molecule has 0 radical (unpaired) electrons. The second-order valence-electron chi connectivity index (χ2n) is 7.65. The number of hydroxylamine groups is 3. The van der Waals surface area contributed by atoms with Gasteiger partial charge in [-0.2, -0.15) is 5.06 Å². The fraction of sp³-hybridized carbons (Fsp3) is 0.875. The van der Waals surface area contributed by atoms with Gasteiger partial charge in [0, 0.05) is 64.3 Å². The topological polar surface area (TPSA) is 98.4 Å². The number of amides is 3. The fourth-order valence-electron chi connectivity index (χ4n) is 4.54. The lowest BCUT2D eigenvalue weighted by Gasteiger charge is -2.32. The first-order chi connectivity index (χ1) is 13.2. The summed E-state index contributed by atoms with van der Waals surface area (Å²) in [5.41, 5.74) is 2.54. The van der Waals surface area contributed by atoms with Crippen molar-refractivity contribution < 1.29 is 18.7 Å². The maximum Gasteiger partial charge on any atom is 0.345 e. The number of nitrogens with one attached hydrogen (secondary N) is 3. The molecule has 27 heavy (non-hydrogen) atoms. The monoisotopic (exact) mass is 400 g/mol. The number of hydrogen-bond donors (Lipinski definition) is 4. The number of hydrogen-bond acceptors (Lipinski definition) is 8. The Morgan fingerprint density at radius 2 is 2.07 bits per heavy atom. The number of fused-ring (bicyclic) bond motifs is 2. The summed E-state index contributed by atoms with van der Waals surface area (Å²) in [6, 6.07) is -0.121. The van der Waals surface area contributed by atoms with Crippen LogP contribution in [0.4, 0.5) is 4.79 Å². The van der Waals surface area contributed by atoms with Crippen LogP contribution in [0.1, 0.15) is 19.3 Å². The molecule has 0 aliphatic carbocycles. The van der Waals surface area contributed by atoms with Gasteiger partial charge in [0.2, 0.25) is 0 Å². The molecule has 3 amide bonds. The van der Waals surface area contributed by atoms with E-state index >= 15 is 0 Å². The highest BCUT2D eigenvalue weighted by atomic mass is 32.1. The van der Waals surface area contributed by atoms with Crippen LogP contribution in [0.2, 0.25) is 0 Å². The molecule has 4 atom stereocenters. The second-order valence-corrected chi connectivity index (χ2v) is 7.81. The Bertz CT molecular complexity index is 563. The molecular formula is C16H28N6O4S. The van der Waals surface area contributed by atoms with Gasteiger partial charge in [-0.1, -0.05) is 0 Å². The molecule has 10 nitrogen and oxygen atoms in total. The summed E-state index contributed by atoms with van der Waals surface area (Å²) in [5, 5.41) is 8.07. The first-order valence-electron chi connectivity index (χ1n) is 9.68. The minimum absolute atomic E-state index is 0.0374. The van der Waals surface area contributed by atoms with Gasteiger partial charge in [-0.05, 0) is 19.3 Å². The molecule has 0 saturated carbocycles. The Kier molecular flexibility index (Phi) is 6.05. The largest absolute Gasteiger partial charge is 0.345 e. The molecule has 2 unspecified atom stereocenters. The maximum atomic E-state index is 12.5. The molecule has 0 aromatic rings. The summed E-state index contributed by atoms with van der Waals surface area (Å²) >= 11 is 3.73. The van der Waals surface area contributed by atoms with Crippen LogP contribution >= 0.6 is 12.9 Å². The minimum atomic E-state index is -0.521. The fourth-order valence-corrected chi connectivity index (χ4v) is 4.75. The molecule has 3 N–H and O–H groups in total. The van der Waals surface area contributed by atoms with Crippen LogP contribution in [0.25, 0.3) is 0 Å². The van der Waals surface area contributed by atoms with Crippen molar-refractivity contribution in [1.29, 1.82) is 0 Å². The van der Waals surface area contributed by atoms with Gasteiger partial charge in [0.25, 0.3) is 5.91 Å². The minimum Gasteiger partial charge on any atom is -0.314 e. The first kappa shape index (κ1) is 19.2. The third kappa shape index (κ3) is 4.03. The Morgan fingerprint density at radius 3 is 2.85 bits per heavy atom.